The number of fused-ring (bicyclic) bond motifs is 1. The molecule has 2 aromatic rings. The molecule has 3 heterocycles. The van der Waals surface area contributed by atoms with Gasteiger partial charge in [-0.3, -0.25) is 14.5 Å². The Kier molecular flexibility index (Phi) is 10.1. The highest BCUT2D eigenvalue weighted by Crippen LogP contribution is 2.45. The van der Waals surface area contributed by atoms with Gasteiger partial charge in [-0.2, -0.15) is 0 Å². The highest BCUT2D eigenvalue weighted by atomic mass is 16.7. The molecule has 1 amide bonds. The van der Waals surface area contributed by atoms with Gasteiger partial charge in [0.2, 0.25) is 24.0 Å². The van der Waals surface area contributed by atoms with Crippen molar-refractivity contribution in [3.8, 4) is 17.2 Å². The molecule has 0 radical (unpaired) electrons. The maximum Gasteiger partial charge on any atom is 0.250 e. The average molecular weight is 556 g/mol. The van der Waals surface area contributed by atoms with Gasteiger partial charge < -0.3 is 28.2 Å². The largest absolute Gasteiger partial charge is 0.493 e. The van der Waals surface area contributed by atoms with Crippen LogP contribution in [0.4, 0.5) is 0 Å². The highest BCUT2D eigenvalue weighted by Gasteiger charge is 2.36. The topological polar surface area (TPSA) is 73.2 Å². The smallest absolute Gasteiger partial charge is 0.250 e. The van der Waals surface area contributed by atoms with Crippen molar-refractivity contribution in [3.63, 3.8) is 0 Å². The number of nitrogens with zero attached hydrogens (tertiary/aromatic N) is 4. The number of aromatic nitrogens is 1. The summed E-state index contributed by atoms with van der Waals surface area (Å²) in [6.45, 7) is 6.75. The fourth-order valence-electron chi connectivity index (χ4n) is 5.76. The lowest BCUT2D eigenvalue weighted by atomic mass is 9.94. The van der Waals surface area contributed by atoms with E-state index in [4.69, 9.17) is 14.2 Å². The summed E-state index contributed by atoms with van der Waals surface area (Å²) in [5.74, 6) is 2.45. The molecule has 1 aromatic carbocycles. The fourth-order valence-corrected chi connectivity index (χ4v) is 5.76. The van der Waals surface area contributed by atoms with Gasteiger partial charge in [-0.05, 0) is 48.9 Å². The Labute approximate surface area is 238 Å². The van der Waals surface area contributed by atoms with Crippen molar-refractivity contribution >= 4 is 5.91 Å². The summed E-state index contributed by atoms with van der Waals surface area (Å²) in [7, 11) is 8.22. The summed E-state index contributed by atoms with van der Waals surface area (Å²) in [5, 5.41) is 0. The quantitative estimate of drug-likeness (QED) is 0.332. The molecule has 2 aliphatic heterocycles. The van der Waals surface area contributed by atoms with Crippen molar-refractivity contribution < 1.29 is 23.5 Å². The fraction of sp³-hybridized carbons (Fsp3) is 0.613. The van der Waals surface area contributed by atoms with E-state index in [0.717, 1.165) is 68.3 Å². The number of rotatable bonds is 14. The molecule has 0 unspecified atom stereocenters. The van der Waals surface area contributed by atoms with Crippen molar-refractivity contribution in [2.75, 3.05) is 67.8 Å². The molecule has 0 saturated carbocycles. The zero-order valence-corrected chi connectivity index (χ0v) is 24.9. The zero-order valence-electron chi connectivity index (χ0n) is 24.9. The Morgan fingerprint density at radius 1 is 1.15 bits per heavy atom. The molecule has 1 aromatic heterocycles. The van der Waals surface area contributed by atoms with E-state index in [1.54, 1.807) is 23.8 Å². The van der Waals surface area contributed by atoms with Gasteiger partial charge in [0.15, 0.2) is 11.5 Å². The van der Waals surface area contributed by atoms with E-state index >= 15 is 0 Å². The normalized spacial score (nSPS) is 18.7. The number of likely N-dealkylation sites (tertiary alicyclic amines) is 1. The van der Waals surface area contributed by atoms with Crippen LogP contribution in [0.2, 0.25) is 0 Å². The number of pyridine rings is 1. The lowest BCUT2D eigenvalue weighted by molar-refractivity contribution is -0.870. The van der Waals surface area contributed by atoms with Gasteiger partial charge in [0.05, 0.1) is 41.3 Å². The number of carbonyl (C=O) groups excluding carboxylic acids is 1. The van der Waals surface area contributed by atoms with Crippen LogP contribution in [0.25, 0.3) is 0 Å². The van der Waals surface area contributed by atoms with Crippen LogP contribution in [0.3, 0.4) is 0 Å². The number of ether oxygens (including phenoxy) is 3. The van der Waals surface area contributed by atoms with Crippen molar-refractivity contribution in [1.82, 2.24) is 14.4 Å². The van der Waals surface area contributed by atoms with Gasteiger partial charge in [-0.15, -0.1) is 0 Å². The van der Waals surface area contributed by atoms with Gasteiger partial charge in [-0.25, -0.2) is 0 Å². The first-order valence-corrected chi connectivity index (χ1v) is 14.6. The molecular weight excluding hydrogens is 508 g/mol. The average Bonchev–Trinajstić information content (AvgIpc) is 3.56. The van der Waals surface area contributed by atoms with Crippen LogP contribution >= 0.6 is 0 Å². The van der Waals surface area contributed by atoms with Crippen LogP contribution < -0.4 is 19.8 Å². The minimum absolute atomic E-state index is 0.00294. The maximum absolute atomic E-state index is 13.7. The number of methoxy groups -OCH3 is 1. The summed E-state index contributed by atoms with van der Waals surface area (Å²) < 4.78 is 19.6. The molecule has 0 spiro atoms. The van der Waals surface area contributed by atoms with Gasteiger partial charge in [-0.1, -0.05) is 19.4 Å². The summed E-state index contributed by atoms with van der Waals surface area (Å²) in [6, 6.07) is 9.53. The monoisotopic (exact) mass is 555 g/mol. The number of benzene rings is 1. The molecule has 1 saturated heterocycles. The molecule has 9 heteroatoms. The Balaban J connectivity index is 1.51. The Hall–Kier alpha value is -3.04. The first-order valence-electron chi connectivity index (χ1n) is 14.6. The third-order valence-corrected chi connectivity index (χ3v) is 8.01. The van der Waals surface area contributed by atoms with Crippen molar-refractivity contribution in [3.05, 3.63) is 52.4 Å². The second-order valence-corrected chi connectivity index (χ2v) is 12.1. The maximum atomic E-state index is 13.7. The van der Waals surface area contributed by atoms with Gasteiger partial charge in [0.25, 0.3) is 0 Å². The highest BCUT2D eigenvalue weighted by molar-refractivity contribution is 5.78. The number of hydrogen-bond donors (Lipinski definition) is 0. The lowest BCUT2D eigenvalue weighted by Gasteiger charge is -2.30. The number of hydrogen-bond acceptors (Lipinski definition) is 6. The first-order chi connectivity index (χ1) is 19.2. The predicted molar refractivity (Wildman–Crippen MR) is 156 cm³/mol. The third-order valence-electron chi connectivity index (χ3n) is 8.01. The SMILES string of the molecule is CCCCN(CCC[N+](C)(C)C)C(=O)CN1C[C@H](c2cc(OC)c3c(c2)OCO3)C[C@@H]1CCn1ccccc1=O. The molecule has 0 aliphatic carbocycles. The Morgan fingerprint density at radius 2 is 1.95 bits per heavy atom. The summed E-state index contributed by atoms with van der Waals surface area (Å²) in [4.78, 5) is 30.4. The molecule has 1 fully saturated rings. The molecule has 4 rings (SSSR count). The van der Waals surface area contributed by atoms with Crippen molar-refractivity contribution in [2.45, 2.75) is 57.5 Å². The minimum Gasteiger partial charge on any atom is -0.493 e. The molecule has 2 atom stereocenters. The van der Waals surface area contributed by atoms with Crippen LogP contribution in [0.15, 0.2) is 41.3 Å². The molecule has 9 nitrogen and oxygen atoms in total. The van der Waals surface area contributed by atoms with Crippen LogP contribution in [-0.4, -0.2) is 98.6 Å². The second kappa shape index (κ2) is 13.5. The van der Waals surface area contributed by atoms with Crippen LogP contribution in [-0.2, 0) is 11.3 Å². The molecule has 40 heavy (non-hydrogen) atoms. The van der Waals surface area contributed by atoms with E-state index < -0.39 is 0 Å². The minimum atomic E-state index is 0.00294. The Morgan fingerprint density at radius 3 is 2.67 bits per heavy atom. The van der Waals surface area contributed by atoms with Crippen LogP contribution in [0.1, 0.15) is 50.5 Å². The number of quaternary nitrogens is 1. The van der Waals surface area contributed by atoms with Gasteiger partial charge >= 0.3 is 0 Å². The number of carbonyl (C=O) groups is 1. The van der Waals surface area contributed by atoms with Gasteiger partial charge in [0.1, 0.15) is 0 Å². The van der Waals surface area contributed by atoms with Crippen molar-refractivity contribution in [2.24, 2.45) is 0 Å². The third kappa shape index (κ3) is 7.79. The summed E-state index contributed by atoms with van der Waals surface area (Å²) >= 11 is 0. The van der Waals surface area contributed by atoms with E-state index in [2.05, 4.69) is 43.9 Å². The molecule has 0 N–H and O–H groups in total. The van der Waals surface area contributed by atoms with E-state index in [1.165, 1.54) is 0 Å². The van der Waals surface area contributed by atoms with E-state index in [0.29, 0.717) is 30.3 Å². The van der Waals surface area contributed by atoms with Gasteiger partial charge in [0, 0.05) is 50.9 Å². The van der Waals surface area contributed by atoms with E-state index in [-0.39, 0.29) is 30.2 Å². The number of amides is 1. The molecular formula is C31H47N4O5+. The van der Waals surface area contributed by atoms with Crippen LogP contribution in [0, 0.1) is 0 Å². The summed E-state index contributed by atoms with van der Waals surface area (Å²) in [5.41, 5.74) is 1.13. The summed E-state index contributed by atoms with van der Waals surface area (Å²) in [6.07, 6.45) is 6.59. The zero-order chi connectivity index (χ0) is 28.7. The number of unbranched alkanes of at least 4 members (excludes halogenated alkanes) is 1. The van der Waals surface area contributed by atoms with E-state index in [1.807, 2.05) is 18.3 Å². The van der Waals surface area contributed by atoms with Crippen LogP contribution in [0.5, 0.6) is 17.2 Å². The second-order valence-electron chi connectivity index (χ2n) is 12.1. The first kappa shape index (κ1) is 29.9. The predicted octanol–water partition coefficient (Wildman–Crippen LogP) is 3.56. The molecule has 220 valence electrons. The molecule has 2 aliphatic rings. The lowest BCUT2D eigenvalue weighted by Crippen LogP contribution is -2.44. The standard InChI is InChI=1S/C31H47N4O5/c1-6-7-13-32(15-10-17-35(2,3)4)30(37)22-34-21-25(18-26(34)12-16-33-14-9-8-11-29(33)36)24-19-27(38-5)31-28(20-24)39-23-40-31/h8-9,11,14,19-20,25-26H,6-7,10,12-13,15-18,21-23H2,1-5H3/q+1/t25-,26+/m1/s1. The van der Waals surface area contributed by atoms with E-state index in [9.17, 15) is 9.59 Å². The van der Waals surface area contributed by atoms with Crippen molar-refractivity contribution in [1.29, 1.82) is 0 Å². The number of aryl methyl sites for hydroxylation is 1. The Bertz CT molecular complexity index is 1190. The molecule has 0 bridgehead atoms.